The molecule has 0 saturated heterocycles. The fourth-order valence-electron chi connectivity index (χ4n) is 2.18. The van der Waals surface area contributed by atoms with Crippen LogP contribution in [0.3, 0.4) is 0 Å². The van der Waals surface area contributed by atoms with Crippen LogP contribution in [-0.2, 0) is 4.79 Å². The maximum Gasteiger partial charge on any atom is 0.320 e. The number of rotatable bonds is 7. The van der Waals surface area contributed by atoms with Crippen LogP contribution in [0.5, 0.6) is 0 Å². The highest BCUT2D eigenvalue weighted by Crippen LogP contribution is 2.19. The van der Waals surface area contributed by atoms with Crippen molar-refractivity contribution in [3.63, 3.8) is 0 Å². The summed E-state index contributed by atoms with van der Waals surface area (Å²) in [4.78, 5) is 13.0. The predicted molar refractivity (Wildman–Crippen MR) is 73.8 cm³/mol. The van der Waals surface area contributed by atoms with E-state index in [1.807, 2.05) is 37.1 Å². The monoisotopic (exact) mass is 249 g/mol. The van der Waals surface area contributed by atoms with Crippen LogP contribution in [0.2, 0.25) is 0 Å². The Morgan fingerprint density at radius 3 is 2.44 bits per heavy atom. The number of nitrogens with zero attached hydrogens (tertiary/aromatic N) is 1. The molecule has 0 aliphatic rings. The van der Waals surface area contributed by atoms with Gasteiger partial charge in [0.15, 0.2) is 0 Å². The molecule has 1 aromatic rings. The smallest absolute Gasteiger partial charge is 0.320 e. The zero-order valence-corrected chi connectivity index (χ0v) is 11.5. The Balaban J connectivity index is 2.47. The quantitative estimate of drug-likeness (QED) is 0.807. The van der Waals surface area contributed by atoms with E-state index in [0.717, 1.165) is 13.0 Å². The van der Waals surface area contributed by atoms with Gasteiger partial charge in [-0.1, -0.05) is 44.2 Å². The van der Waals surface area contributed by atoms with Gasteiger partial charge in [0.25, 0.3) is 0 Å². The zero-order valence-electron chi connectivity index (χ0n) is 11.5. The summed E-state index contributed by atoms with van der Waals surface area (Å²) in [6, 6.07) is 9.98. The first-order valence-corrected chi connectivity index (χ1v) is 6.54. The average molecular weight is 249 g/mol. The van der Waals surface area contributed by atoms with Crippen molar-refractivity contribution >= 4 is 5.97 Å². The molecule has 0 spiro atoms. The molecule has 0 fully saturated rings. The number of hydrogen-bond donors (Lipinski definition) is 1. The second-order valence-electron chi connectivity index (χ2n) is 4.84. The normalized spacial score (nSPS) is 14.4. The van der Waals surface area contributed by atoms with E-state index in [9.17, 15) is 4.79 Å². The molecule has 1 rings (SSSR count). The minimum absolute atomic E-state index is 0.368. The SMILES string of the molecule is CCC(C(=O)O)N(C)CCC(C)c1ccccc1. The van der Waals surface area contributed by atoms with Crippen molar-refractivity contribution in [1.82, 2.24) is 4.90 Å². The zero-order chi connectivity index (χ0) is 13.5. The number of benzene rings is 1. The van der Waals surface area contributed by atoms with E-state index in [-0.39, 0.29) is 6.04 Å². The van der Waals surface area contributed by atoms with E-state index in [2.05, 4.69) is 19.1 Å². The number of carbonyl (C=O) groups is 1. The van der Waals surface area contributed by atoms with Crippen LogP contribution in [0.1, 0.15) is 38.2 Å². The highest BCUT2D eigenvalue weighted by molar-refractivity contribution is 5.73. The van der Waals surface area contributed by atoms with Gasteiger partial charge in [-0.05, 0) is 37.9 Å². The molecule has 2 unspecified atom stereocenters. The van der Waals surface area contributed by atoms with Crippen LogP contribution < -0.4 is 0 Å². The Morgan fingerprint density at radius 1 is 1.33 bits per heavy atom. The van der Waals surface area contributed by atoms with Crippen molar-refractivity contribution in [1.29, 1.82) is 0 Å². The summed E-state index contributed by atoms with van der Waals surface area (Å²) >= 11 is 0. The molecule has 0 aromatic heterocycles. The summed E-state index contributed by atoms with van der Waals surface area (Å²) < 4.78 is 0. The molecule has 1 aromatic carbocycles. The van der Waals surface area contributed by atoms with Gasteiger partial charge in [-0.3, -0.25) is 9.69 Å². The first kappa shape index (κ1) is 14.7. The molecule has 2 atom stereocenters. The molecule has 1 N–H and O–H groups in total. The third-order valence-corrected chi connectivity index (χ3v) is 3.49. The fraction of sp³-hybridized carbons (Fsp3) is 0.533. The first-order chi connectivity index (χ1) is 8.56. The van der Waals surface area contributed by atoms with Crippen LogP contribution in [0.15, 0.2) is 30.3 Å². The first-order valence-electron chi connectivity index (χ1n) is 6.54. The third kappa shape index (κ3) is 4.15. The van der Waals surface area contributed by atoms with E-state index >= 15 is 0 Å². The summed E-state index contributed by atoms with van der Waals surface area (Å²) in [5, 5.41) is 9.08. The van der Waals surface area contributed by atoms with Gasteiger partial charge < -0.3 is 5.11 Å². The lowest BCUT2D eigenvalue weighted by Gasteiger charge is -2.25. The molecule has 3 heteroatoms. The van der Waals surface area contributed by atoms with E-state index in [1.165, 1.54) is 5.56 Å². The Kier molecular flexibility index (Phi) is 5.86. The number of carboxylic acid groups (broad SMARTS) is 1. The molecule has 18 heavy (non-hydrogen) atoms. The van der Waals surface area contributed by atoms with Gasteiger partial charge in [0, 0.05) is 0 Å². The predicted octanol–water partition coefficient (Wildman–Crippen LogP) is 2.98. The van der Waals surface area contributed by atoms with Gasteiger partial charge in [-0.2, -0.15) is 0 Å². The summed E-state index contributed by atoms with van der Waals surface area (Å²) in [5.74, 6) is -0.271. The van der Waals surface area contributed by atoms with Crippen molar-refractivity contribution in [2.45, 2.75) is 38.6 Å². The van der Waals surface area contributed by atoms with E-state index < -0.39 is 5.97 Å². The number of aliphatic carboxylic acids is 1. The summed E-state index contributed by atoms with van der Waals surface area (Å²) in [6.45, 7) is 4.90. The molecule has 0 saturated carbocycles. The summed E-state index contributed by atoms with van der Waals surface area (Å²) in [7, 11) is 1.89. The minimum atomic E-state index is -0.729. The molecule has 100 valence electrons. The molecule has 0 bridgehead atoms. The maximum atomic E-state index is 11.0. The van der Waals surface area contributed by atoms with E-state index in [0.29, 0.717) is 12.3 Å². The lowest BCUT2D eigenvalue weighted by Crippen LogP contribution is -2.38. The molecular formula is C15H23NO2. The molecule has 0 radical (unpaired) electrons. The Labute approximate surface area is 109 Å². The van der Waals surface area contributed by atoms with Gasteiger partial charge in [-0.15, -0.1) is 0 Å². The van der Waals surface area contributed by atoms with Crippen molar-refractivity contribution in [2.75, 3.05) is 13.6 Å². The second kappa shape index (κ2) is 7.17. The highest BCUT2D eigenvalue weighted by atomic mass is 16.4. The van der Waals surface area contributed by atoms with Crippen LogP contribution in [-0.4, -0.2) is 35.6 Å². The maximum absolute atomic E-state index is 11.0. The third-order valence-electron chi connectivity index (χ3n) is 3.49. The molecule has 0 amide bonds. The Hall–Kier alpha value is -1.35. The highest BCUT2D eigenvalue weighted by Gasteiger charge is 2.20. The number of carboxylic acids is 1. The Bertz CT molecular complexity index is 364. The Morgan fingerprint density at radius 2 is 1.94 bits per heavy atom. The lowest BCUT2D eigenvalue weighted by atomic mass is 9.97. The standard InChI is InChI=1S/C15H23NO2/c1-4-14(15(17)18)16(3)11-10-12(2)13-8-6-5-7-9-13/h5-9,12,14H,4,10-11H2,1-3H3,(H,17,18). The lowest BCUT2D eigenvalue weighted by molar-refractivity contribution is -0.142. The van der Waals surface area contributed by atoms with Crippen LogP contribution in [0, 0.1) is 0 Å². The van der Waals surface area contributed by atoms with E-state index in [1.54, 1.807) is 0 Å². The largest absolute Gasteiger partial charge is 0.480 e. The van der Waals surface area contributed by atoms with Gasteiger partial charge in [0.2, 0.25) is 0 Å². The van der Waals surface area contributed by atoms with Crippen molar-refractivity contribution in [3.8, 4) is 0 Å². The molecule has 0 heterocycles. The number of hydrogen-bond acceptors (Lipinski definition) is 2. The summed E-state index contributed by atoms with van der Waals surface area (Å²) in [6.07, 6.45) is 1.62. The summed E-state index contributed by atoms with van der Waals surface area (Å²) in [5.41, 5.74) is 1.31. The topological polar surface area (TPSA) is 40.5 Å². The average Bonchev–Trinajstić information content (AvgIpc) is 2.37. The van der Waals surface area contributed by atoms with E-state index in [4.69, 9.17) is 5.11 Å². The van der Waals surface area contributed by atoms with Crippen LogP contribution in [0.4, 0.5) is 0 Å². The molecule has 3 nitrogen and oxygen atoms in total. The number of likely N-dealkylation sites (N-methyl/N-ethyl adjacent to an activating group) is 1. The fourth-order valence-corrected chi connectivity index (χ4v) is 2.18. The molecule has 0 aliphatic heterocycles. The second-order valence-corrected chi connectivity index (χ2v) is 4.84. The van der Waals surface area contributed by atoms with Crippen molar-refractivity contribution < 1.29 is 9.90 Å². The van der Waals surface area contributed by atoms with Crippen LogP contribution in [0.25, 0.3) is 0 Å². The van der Waals surface area contributed by atoms with Gasteiger partial charge >= 0.3 is 5.97 Å². The van der Waals surface area contributed by atoms with Crippen molar-refractivity contribution in [3.05, 3.63) is 35.9 Å². The van der Waals surface area contributed by atoms with Gasteiger partial charge in [-0.25, -0.2) is 0 Å². The van der Waals surface area contributed by atoms with Crippen LogP contribution >= 0.6 is 0 Å². The molecule has 0 aliphatic carbocycles. The molecular weight excluding hydrogens is 226 g/mol. The van der Waals surface area contributed by atoms with Crippen molar-refractivity contribution in [2.24, 2.45) is 0 Å². The minimum Gasteiger partial charge on any atom is -0.480 e. The van der Waals surface area contributed by atoms with Gasteiger partial charge in [0.1, 0.15) is 6.04 Å². The van der Waals surface area contributed by atoms with Gasteiger partial charge in [0.05, 0.1) is 0 Å².